The predicted molar refractivity (Wildman–Crippen MR) is 232 cm³/mol. The Hall–Kier alpha value is -7.08. The van der Waals surface area contributed by atoms with Crippen LogP contribution in [0.1, 0.15) is 0 Å². The van der Waals surface area contributed by atoms with E-state index < -0.39 is 0 Å². The zero-order chi connectivity index (χ0) is 35.8. The van der Waals surface area contributed by atoms with Gasteiger partial charge in [-0.05, 0) is 40.8 Å². The van der Waals surface area contributed by atoms with Gasteiger partial charge >= 0.3 is 0 Å². The number of hydrogen-bond donors (Lipinski definition) is 0. The number of rotatable bonds is 3. The topological polar surface area (TPSA) is 35.1 Å². The van der Waals surface area contributed by atoms with Crippen molar-refractivity contribution < 1.29 is 0 Å². The molecule has 0 saturated heterocycles. The lowest BCUT2D eigenvalue weighted by Crippen LogP contribution is -2.03. The summed E-state index contributed by atoms with van der Waals surface area (Å²) in [5.74, 6) is 0.678. The molecule has 5 heteroatoms. The van der Waals surface area contributed by atoms with Gasteiger partial charge in [-0.3, -0.25) is 4.57 Å². The molecule has 13 aromatic rings. The molecule has 0 N–H and O–H groups in total. The lowest BCUT2D eigenvalue weighted by molar-refractivity contribution is 1.02. The average molecular weight is 717 g/mol. The Kier molecular flexibility index (Phi) is 5.74. The van der Waals surface area contributed by atoms with Crippen LogP contribution in [0.4, 0.5) is 0 Å². The van der Waals surface area contributed by atoms with Gasteiger partial charge in [-0.25, -0.2) is 9.97 Å². The number of para-hydroxylation sites is 2. The van der Waals surface area contributed by atoms with E-state index in [2.05, 4.69) is 179 Å². The van der Waals surface area contributed by atoms with Crippen molar-refractivity contribution in [3.8, 4) is 28.3 Å². The minimum Gasteiger partial charge on any atom is -0.307 e. The lowest BCUT2D eigenvalue weighted by Gasteiger charge is -2.11. The monoisotopic (exact) mass is 716 g/mol. The van der Waals surface area contributed by atoms with Crippen molar-refractivity contribution in [3.63, 3.8) is 0 Å². The summed E-state index contributed by atoms with van der Waals surface area (Å²) in [6.07, 6.45) is 0. The smallest absolute Gasteiger partial charge is 0.235 e. The fourth-order valence-electron chi connectivity index (χ4n) is 9.29. The molecule has 0 aliphatic heterocycles. The molecule has 0 bridgehead atoms. The first kappa shape index (κ1) is 29.4. The second kappa shape index (κ2) is 10.8. The molecule has 0 radical (unpaired) electrons. The van der Waals surface area contributed by atoms with Gasteiger partial charge in [0, 0.05) is 53.4 Å². The Morgan fingerprint density at radius 3 is 1.89 bits per heavy atom. The van der Waals surface area contributed by atoms with Crippen LogP contribution < -0.4 is 0 Å². The van der Waals surface area contributed by atoms with Gasteiger partial charge in [0.25, 0.3) is 0 Å². The van der Waals surface area contributed by atoms with Gasteiger partial charge in [0.1, 0.15) is 0 Å². The molecule has 13 rings (SSSR count). The number of nitrogens with zero attached hydrogens (tertiary/aromatic N) is 4. The SMILES string of the molecule is c1ccc(-c2ccc(-c3nc(-n4c5ccccc5c5cc6c7ccccc7n7c8c9ccccc9ccc8c(c54)c67)nc4c3sc3ccccc34)cc2)cc1. The molecular formula is C50H28N4S. The van der Waals surface area contributed by atoms with E-state index in [1.165, 1.54) is 75.5 Å². The van der Waals surface area contributed by atoms with E-state index >= 15 is 0 Å². The zero-order valence-corrected chi connectivity index (χ0v) is 30.2. The van der Waals surface area contributed by atoms with Crippen molar-refractivity contribution in [2.75, 3.05) is 0 Å². The first-order chi connectivity index (χ1) is 27.3. The summed E-state index contributed by atoms with van der Waals surface area (Å²) >= 11 is 1.77. The van der Waals surface area contributed by atoms with Gasteiger partial charge in [0.2, 0.25) is 5.95 Å². The standard InChI is InChI=1S/C50H28N4S/c1-2-12-29(13-3-1)30-22-24-32(25-23-30)44-49-45(36-18-8-11-21-42(36)55-49)52-50(51-44)54-41-20-10-7-17-35(41)39-28-38-34-16-6-9-19-40(34)53-46-33-15-5-4-14-31(33)26-27-37(46)43(47(38)53)48(39)54/h1-28H. The van der Waals surface area contributed by atoms with E-state index in [-0.39, 0.29) is 0 Å². The summed E-state index contributed by atoms with van der Waals surface area (Å²) in [5, 5.41) is 11.0. The molecule has 4 nitrogen and oxygen atoms in total. The van der Waals surface area contributed by atoms with Gasteiger partial charge in [-0.15, -0.1) is 11.3 Å². The molecule has 5 heterocycles. The third-order valence-corrected chi connectivity index (χ3v) is 12.8. The summed E-state index contributed by atoms with van der Waals surface area (Å²) in [5.41, 5.74) is 11.3. The van der Waals surface area contributed by atoms with Gasteiger partial charge in [-0.1, -0.05) is 146 Å². The van der Waals surface area contributed by atoms with Crippen molar-refractivity contribution in [1.82, 2.24) is 18.9 Å². The van der Waals surface area contributed by atoms with Gasteiger partial charge < -0.3 is 4.40 Å². The largest absolute Gasteiger partial charge is 0.307 e. The fourth-order valence-corrected chi connectivity index (χ4v) is 10.4. The van der Waals surface area contributed by atoms with E-state index in [1.807, 2.05) is 0 Å². The molecule has 8 aromatic carbocycles. The highest BCUT2D eigenvalue weighted by Crippen LogP contribution is 2.48. The van der Waals surface area contributed by atoms with E-state index in [1.54, 1.807) is 11.3 Å². The molecular weight excluding hydrogens is 689 g/mol. The van der Waals surface area contributed by atoms with Crippen LogP contribution >= 0.6 is 11.3 Å². The maximum absolute atomic E-state index is 5.59. The molecule has 0 spiro atoms. The fraction of sp³-hybridized carbons (Fsp3) is 0. The third kappa shape index (κ3) is 3.89. The maximum atomic E-state index is 5.59. The first-order valence-electron chi connectivity index (χ1n) is 18.7. The van der Waals surface area contributed by atoms with Crippen LogP contribution in [-0.2, 0) is 0 Å². The van der Waals surface area contributed by atoms with Gasteiger partial charge in [0.05, 0.1) is 43.5 Å². The molecule has 0 aliphatic rings. The number of benzene rings is 8. The minimum absolute atomic E-state index is 0.678. The summed E-state index contributed by atoms with van der Waals surface area (Å²) in [4.78, 5) is 11.1. The summed E-state index contributed by atoms with van der Waals surface area (Å²) in [6.45, 7) is 0. The minimum atomic E-state index is 0.678. The highest BCUT2D eigenvalue weighted by molar-refractivity contribution is 7.26. The summed E-state index contributed by atoms with van der Waals surface area (Å²) < 4.78 is 7.16. The number of thiophene rings is 1. The van der Waals surface area contributed by atoms with Crippen molar-refractivity contribution in [1.29, 1.82) is 0 Å². The molecule has 0 aliphatic carbocycles. The highest BCUT2D eigenvalue weighted by Gasteiger charge is 2.27. The predicted octanol–water partition coefficient (Wildman–Crippen LogP) is 13.6. The maximum Gasteiger partial charge on any atom is 0.235 e. The van der Waals surface area contributed by atoms with Gasteiger partial charge in [0.15, 0.2) is 0 Å². The molecule has 5 aromatic heterocycles. The Balaban J connectivity index is 1.20. The zero-order valence-electron chi connectivity index (χ0n) is 29.4. The van der Waals surface area contributed by atoms with Crippen LogP contribution in [0.2, 0.25) is 0 Å². The third-order valence-electron chi connectivity index (χ3n) is 11.7. The second-order valence-corrected chi connectivity index (χ2v) is 15.6. The van der Waals surface area contributed by atoms with Crippen LogP contribution in [0.25, 0.3) is 119 Å². The number of aromatic nitrogens is 4. The molecule has 0 unspecified atom stereocenters. The second-order valence-electron chi connectivity index (χ2n) is 14.5. The highest BCUT2D eigenvalue weighted by atomic mass is 32.1. The summed E-state index contributed by atoms with van der Waals surface area (Å²) in [7, 11) is 0. The van der Waals surface area contributed by atoms with Crippen molar-refractivity contribution in [2.45, 2.75) is 0 Å². The molecule has 55 heavy (non-hydrogen) atoms. The quantitative estimate of drug-likeness (QED) is 0.182. The van der Waals surface area contributed by atoms with E-state index in [0.29, 0.717) is 5.95 Å². The summed E-state index contributed by atoms with van der Waals surface area (Å²) in [6, 6.07) is 61.4. The number of fused-ring (bicyclic) bond motifs is 15. The molecule has 254 valence electrons. The van der Waals surface area contributed by atoms with Crippen LogP contribution in [0.3, 0.4) is 0 Å². The van der Waals surface area contributed by atoms with E-state index in [4.69, 9.17) is 9.97 Å². The molecule has 0 amide bonds. The Bertz CT molecular complexity index is 3700. The van der Waals surface area contributed by atoms with Crippen LogP contribution in [0.5, 0.6) is 0 Å². The van der Waals surface area contributed by atoms with Crippen molar-refractivity contribution in [3.05, 3.63) is 170 Å². The van der Waals surface area contributed by atoms with Crippen LogP contribution in [0.15, 0.2) is 170 Å². The van der Waals surface area contributed by atoms with Crippen LogP contribution in [-0.4, -0.2) is 18.9 Å². The Labute approximate surface area is 318 Å². The van der Waals surface area contributed by atoms with Crippen LogP contribution in [0, 0.1) is 0 Å². The first-order valence-corrected chi connectivity index (χ1v) is 19.5. The molecule has 0 saturated carbocycles. The van der Waals surface area contributed by atoms with Crippen molar-refractivity contribution in [2.24, 2.45) is 0 Å². The Morgan fingerprint density at radius 2 is 1.05 bits per heavy atom. The van der Waals surface area contributed by atoms with E-state index in [0.717, 1.165) is 37.9 Å². The Morgan fingerprint density at radius 1 is 0.418 bits per heavy atom. The molecule has 0 fully saturated rings. The van der Waals surface area contributed by atoms with Crippen molar-refractivity contribution >= 4 is 102 Å². The normalized spacial score (nSPS) is 12.4. The van der Waals surface area contributed by atoms with Gasteiger partial charge in [-0.2, -0.15) is 0 Å². The lowest BCUT2D eigenvalue weighted by atomic mass is 10.0. The molecule has 0 atom stereocenters. The number of hydrogen-bond acceptors (Lipinski definition) is 3. The van der Waals surface area contributed by atoms with E-state index in [9.17, 15) is 0 Å². The average Bonchev–Trinajstić information content (AvgIpc) is 3.99.